The first-order valence-corrected chi connectivity index (χ1v) is 4.17. The van der Waals surface area contributed by atoms with E-state index in [1.807, 2.05) is 0 Å². The van der Waals surface area contributed by atoms with E-state index in [2.05, 4.69) is 0 Å². The Morgan fingerprint density at radius 2 is 2.14 bits per heavy atom. The molecule has 0 amide bonds. The number of carboxylic acids is 1. The predicted molar refractivity (Wildman–Crippen MR) is 50.2 cm³/mol. The Morgan fingerprint density at radius 3 is 2.64 bits per heavy atom. The third-order valence-corrected chi connectivity index (χ3v) is 1.96. The number of para-hydroxylation sites is 1. The first-order valence-electron chi connectivity index (χ1n) is 4.17. The Morgan fingerprint density at radius 1 is 1.50 bits per heavy atom. The van der Waals surface area contributed by atoms with Crippen LogP contribution in [0.2, 0.25) is 0 Å². The van der Waals surface area contributed by atoms with E-state index in [0.29, 0.717) is 5.56 Å². The second-order valence-corrected chi connectivity index (χ2v) is 2.90. The van der Waals surface area contributed by atoms with Crippen molar-refractivity contribution in [2.45, 2.75) is 12.5 Å². The van der Waals surface area contributed by atoms with Gasteiger partial charge >= 0.3 is 5.97 Å². The topological polar surface area (TPSA) is 66.8 Å². The van der Waals surface area contributed by atoms with Crippen molar-refractivity contribution >= 4 is 5.97 Å². The fraction of sp³-hybridized carbons (Fsp3) is 0.300. The minimum absolute atomic E-state index is 0.0933. The van der Waals surface area contributed by atoms with Crippen molar-refractivity contribution in [1.29, 1.82) is 0 Å². The van der Waals surface area contributed by atoms with Crippen LogP contribution in [-0.4, -0.2) is 29.4 Å². The number of hydrogen-bond acceptors (Lipinski definition) is 3. The van der Waals surface area contributed by atoms with Gasteiger partial charge in [-0.3, -0.25) is 0 Å². The smallest absolute Gasteiger partial charge is 0.333 e. The third-order valence-electron chi connectivity index (χ3n) is 1.96. The largest absolute Gasteiger partial charge is 0.508 e. The molecule has 1 atom stereocenters. The SMILES string of the molecule is CO[C@@H](Cc1ccccc1O)C(=O)O. The molecule has 2 N–H and O–H groups in total. The summed E-state index contributed by atoms with van der Waals surface area (Å²) in [6.07, 6.45) is -0.748. The number of phenolic OH excluding ortho intramolecular Hbond substituents is 1. The summed E-state index contributed by atoms with van der Waals surface area (Å²) < 4.78 is 4.76. The van der Waals surface area contributed by atoms with Crippen molar-refractivity contribution in [3.8, 4) is 5.75 Å². The van der Waals surface area contributed by atoms with Gasteiger partial charge in [-0.15, -0.1) is 0 Å². The molecule has 0 radical (unpaired) electrons. The molecule has 0 aromatic heterocycles. The minimum Gasteiger partial charge on any atom is -0.508 e. The summed E-state index contributed by atoms with van der Waals surface area (Å²) in [7, 11) is 1.33. The van der Waals surface area contributed by atoms with Gasteiger partial charge in [0.25, 0.3) is 0 Å². The molecule has 0 bridgehead atoms. The van der Waals surface area contributed by atoms with E-state index in [-0.39, 0.29) is 12.2 Å². The molecule has 14 heavy (non-hydrogen) atoms. The third kappa shape index (κ3) is 2.47. The second-order valence-electron chi connectivity index (χ2n) is 2.90. The van der Waals surface area contributed by atoms with Gasteiger partial charge in [-0.05, 0) is 11.6 Å². The van der Waals surface area contributed by atoms with Crippen LogP contribution in [0, 0.1) is 0 Å². The summed E-state index contributed by atoms with van der Waals surface area (Å²) in [5.41, 5.74) is 0.571. The number of hydrogen-bond donors (Lipinski definition) is 2. The predicted octanol–water partition coefficient (Wildman–Crippen LogP) is 1.03. The molecule has 4 heteroatoms. The van der Waals surface area contributed by atoms with Crippen LogP contribution in [-0.2, 0) is 16.0 Å². The van der Waals surface area contributed by atoms with Crippen LogP contribution in [0.3, 0.4) is 0 Å². The number of ether oxygens (including phenoxy) is 1. The Labute approximate surface area is 81.8 Å². The van der Waals surface area contributed by atoms with E-state index in [0.717, 1.165) is 0 Å². The number of carboxylic acid groups (broad SMARTS) is 1. The van der Waals surface area contributed by atoms with E-state index >= 15 is 0 Å². The molecular weight excluding hydrogens is 184 g/mol. The van der Waals surface area contributed by atoms with Crippen molar-refractivity contribution in [3.05, 3.63) is 29.8 Å². The Kier molecular flexibility index (Phi) is 3.48. The van der Waals surface area contributed by atoms with E-state index < -0.39 is 12.1 Å². The van der Waals surface area contributed by atoms with Crippen LogP contribution in [0.1, 0.15) is 5.56 Å². The first kappa shape index (κ1) is 10.5. The van der Waals surface area contributed by atoms with Gasteiger partial charge in [-0.2, -0.15) is 0 Å². The van der Waals surface area contributed by atoms with Gasteiger partial charge in [0.2, 0.25) is 0 Å². The average molecular weight is 196 g/mol. The number of phenols is 1. The van der Waals surface area contributed by atoms with Crippen LogP contribution in [0.25, 0.3) is 0 Å². The van der Waals surface area contributed by atoms with Gasteiger partial charge in [0.1, 0.15) is 5.75 Å². The lowest BCUT2D eigenvalue weighted by Gasteiger charge is -2.10. The Balaban J connectivity index is 2.77. The number of carbonyl (C=O) groups is 1. The summed E-state index contributed by atoms with van der Waals surface area (Å²) in [4.78, 5) is 10.6. The highest BCUT2D eigenvalue weighted by atomic mass is 16.5. The maximum Gasteiger partial charge on any atom is 0.333 e. The molecule has 0 aliphatic carbocycles. The zero-order valence-electron chi connectivity index (χ0n) is 7.80. The quantitative estimate of drug-likeness (QED) is 0.754. The van der Waals surface area contributed by atoms with E-state index in [9.17, 15) is 9.90 Å². The number of rotatable bonds is 4. The van der Waals surface area contributed by atoms with Crippen LogP contribution < -0.4 is 0 Å². The first-order chi connectivity index (χ1) is 6.65. The van der Waals surface area contributed by atoms with E-state index in [1.54, 1.807) is 18.2 Å². The molecule has 76 valence electrons. The normalized spacial score (nSPS) is 12.4. The maximum absolute atomic E-state index is 10.6. The summed E-state index contributed by atoms with van der Waals surface area (Å²) in [6, 6.07) is 6.61. The van der Waals surface area contributed by atoms with Gasteiger partial charge in [0.05, 0.1) is 0 Å². The number of aliphatic carboxylic acids is 1. The van der Waals surface area contributed by atoms with Crippen molar-refractivity contribution in [2.75, 3.05) is 7.11 Å². The lowest BCUT2D eigenvalue weighted by atomic mass is 10.1. The highest BCUT2D eigenvalue weighted by Gasteiger charge is 2.18. The minimum atomic E-state index is -1.03. The van der Waals surface area contributed by atoms with Crippen LogP contribution in [0.4, 0.5) is 0 Å². The van der Waals surface area contributed by atoms with Crippen LogP contribution in [0.5, 0.6) is 5.75 Å². The van der Waals surface area contributed by atoms with Gasteiger partial charge < -0.3 is 14.9 Å². The highest BCUT2D eigenvalue weighted by Crippen LogP contribution is 2.18. The van der Waals surface area contributed by atoms with E-state index in [4.69, 9.17) is 9.84 Å². The fourth-order valence-corrected chi connectivity index (χ4v) is 1.15. The van der Waals surface area contributed by atoms with Crippen LogP contribution in [0.15, 0.2) is 24.3 Å². The molecule has 0 saturated heterocycles. The Hall–Kier alpha value is -1.55. The zero-order valence-corrected chi connectivity index (χ0v) is 7.80. The maximum atomic E-state index is 10.6. The van der Waals surface area contributed by atoms with Crippen molar-refractivity contribution in [1.82, 2.24) is 0 Å². The van der Waals surface area contributed by atoms with Gasteiger partial charge in [0, 0.05) is 13.5 Å². The van der Waals surface area contributed by atoms with Gasteiger partial charge in [-0.1, -0.05) is 18.2 Å². The average Bonchev–Trinajstić information content (AvgIpc) is 2.16. The summed E-state index contributed by atoms with van der Waals surface area (Å²) in [5, 5.41) is 18.1. The zero-order chi connectivity index (χ0) is 10.6. The van der Waals surface area contributed by atoms with Crippen LogP contribution >= 0.6 is 0 Å². The lowest BCUT2D eigenvalue weighted by Crippen LogP contribution is -2.24. The number of aromatic hydroxyl groups is 1. The summed E-state index contributed by atoms with van der Waals surface area (Å²) in [5.74, 6) is -0.938. The summed E-state index contributed by atoms with van der Waals surface area (Å²) >= 11 is 0. The van der Waals surface area contributed by atoms with Gasteiger partial charge in [0.15, 0.2) is 6.10 Å². The molecule has 0 saturated carbocycles. The molecule has 4 nitrogen and oxygen atoms in total. The standard InChI is InChI=1S/C10H12O4/c1-14-9(10(12)13)6-7-4-2-3-5-8(7)11/h2-5,9,11H,6H2,1H3,(H,12,13)/t9-/m0/s1. The number of benzene rings is 1. The molecule has 0 spiro atoms. The molecule has 1 aromatic carbocycles. The lowest BCUT2D eigenvalue weighted by molar-refractivity contribution is -0.148. The molecule has 0 heterocycles. The van der Waals surface area contributed by atoms with Crippen molar-refractivity contribution in [3.63, 3.8) is 0 Å². The highest BCUT2D eigenvalue weighted by molar-refractivity contribution is 5.72. The molecular formula is C10H12O4. The summed E-state index contributed by atoms with van der Waals surface area (Å²) in [6.45, 7) is 0. The molecule has 1 rings (SSSR count). The molecule has 0 unspecified atom stereocenters. The van der Waals surface area contributed by atoms with E-state index in [1.165, 1.54) is 13.2 Å². The molecule has 1 aromatic rings. The van der Waals surface area contributed by atoms with Crippen molar-refractivity contribution in [2.24, 2.45) is 0 Å². The van der Waals surface area contributed by atoms with Crippen molar-refractivity contribution < 1.29 is 19.7 Å². The fourth-order valence-electron chi connectivity index (χ4n) is 1.15. The monoisotopic (exact) mass is 196 g/mol. The molecule has 0 aliphatic rings. The van der Waals surface area contributed by atoms with Gasteiger partial charge in [-0.25, -0.2) is 4.79 Å². The molecule has 0 fully saturated rings. The Bertz CT molecular complexity index is 322. The second kappa shape index (κ2) is 4.62. The number of methoxy groups -OCH3 is 1. The molecule has 0 aliphatic heterocycles.